The van der Waals surface area contributed by atoms with E-state index in [9.17, 15) is 4.79 Å². The van der Waals surface area contributed by atoms with Crippen LogP contribution in [0, 0.1) is 0 Å². The first kappa shape index (κ1) is 7.43. The van der Waals surface area contributed by atoms with Gasteiger partial charge < -0.3 is 5.32 Å². The SMILES string of the molecule is O=C1NCC=Cc2nnn(P)c21. The van der Waals surface area contributed by atoms with Crippen LogP contribution in [0.3, 0.4) is 0 Å². The predicted molar refractivity (Wildman–Crippen MR) is 46.5 cm³/mol. The van der Waals surface area contributed by atoms with Crippen LogP contribution < -0.4 is 5.32 Å². The summed E-state index contributed by atoms with van der Waals surface area (Å²) in [5.74, 6) is -0.144. The maximum absolute atomic E-state index is 11.3. The second kappa shape index (κ2) is 2.68. The first-order chi connectivity index (χ1) is 5.79. The number of rotatable bonds is 0. The lowest BCUT2D eigenvalue weighted by Crippen LogP contribution is -2.24. The zero-order chi connectivity index (χ0) is 8.55. The summed E-state index contributed by atoms with van der Waals surface area (Å²) in [5, 5.41) is 10.2. The highest BCUT2D eigenvalue weighted by atomic mass is 31.0. The Labute approximate surface area is 71.1 Å². The van der Waals surface area contributed by atoms with Crippen molar-refractivity contribution in [1.29, 1.82) is 0 Å². The number of hydrogen-bond donors (Lipinski definition) is 1. The number of carbonyl (C=O) groups is 1. The van der Waals surface area contributed by atoms with Gasteiger partial charge in [0.25, 0.3) is 5.91 Å². The minimum atomic E-state index is -0.144. The lowest BCUT2D eigenvalue weighted by atomic mass is 10.3. The topological polar surface area (TPSA) is 59.8 Å². The minimum absolute atomic E-state index is 0.144. The zero-order valence-corrected chi connectivity index (χ0v) is 7.34. The van der Waals surface area contributed by atoms with E-state index in [-0.39, 0.29) is 5.91 Å². The second-order valence-electron chi connectivity index (χ2n) is 2.38. The zero-order valence-electron chi connectivity index (χ0n) is 6.19. The molecule has 12 heavy (non-hydrogen) atoms. The van der Waals surface area contributed by atoms with E-state index in [1.165, 1.54) is 4.45 Å². The molecule has 2 rings (SSSR count). The summed E-state index contributed by atoms with van der Waals surface area (Å²) in [6.45, 7) is 0.542. The number of nitrogens with one attached hydrogen (secondary N) is 1. The fraction of sp³-hybridized carbons (Fsp3) is 0.167. The van der Waals surface area contributed by atoms with E-state index >= 15 is 0 Å². The van der Waals surface area contributed by atoms with Gasteiger partial charge in [-0.1, -0.05) is 11.3 Å². The van der Waals surface area contributed by atoms with Gasteiger partial charge in [0.05, 0.1) is 0 Å². The van der Waals surface area contributed by atoms with Gasteiger partial charge in [0.15, 0.2) is 5.69 Å². The van der Waals surface area contributed by atoms with Crippen molar-refractivity contribution in [1.82, 2.24) is 20.1 Å². The average Bonchev–Trinajstić information content (AvgIpc) is 2.29. The summed E-state index contributed by atoms with van der Waals surface area (Å²) in [5.41, 5.74) is 1.09. The monoisotopic (exact) mass is 182 g/mol. The van der Waals surface area contributed by atoms with Gasteiger partial charge in [-0.25, -0.2) is 4.45 Å². The fourth-order valence-corrected chi connectivity index (χ4v) is 1.35. The van der Waals surface area contributed by atoms with Crippen LogP contribution in [0.2, 0.25) is 0 Å². The van der Waals surface area contributed by atoms with Crippen LogP contribution in [-0.4, -0.2) is 27.2 Å². The molecule has 0 aromatic carbocycles. The molecule has 0 aliphatic carbocycles. The maximum Gasteiger partial charge on any atom is 0.272 e. The van der Waals surface area contributed by atoms with Crippen molar-refractivity contribution < 1.29 is 4.79 Å². The van der Waals surface area contributed by atoms with E-state index in [1.807, 2.05) is 6.08 Å². The number of fused-ring (bicyclic) bond motifs is 1. The lowest BCUT2D eigenvalue weighted by Gasteiger charge is -1.98. The quantitative estimate of drug-likeness (QED) is 0.559. The third-order valence-corrected chi connectivity index (χ3v) is 1.95. The van der Waals surface area contributed by atoms with Crippen molar-refractivity contribution >= 4 is 21.4 Å². The highest BCUT2D eigenvalue weighted by Crippen LogP contribution is 2.11. The standard InChI is InChI=1S/C6H7N4OP/c11-6-5-4(2-1-3-7-6)8-9-10(5)12/h1-2H,3,12H2,(H,7,11). The third kappa shape index (κ3) is 1.02. The average molecular weight is 182 g/mol. The number of amides is 1. The molecule has 1 amide bonds. The van der Waals surface area contributed by atoms with Gasteiger partial charge in [-0.15, -0.1) is 5.10 Å². The first-order valence-corrected chi connectivity index (χ1v) is 3.96. The van der Waals surface area contributed by atoms with Crippen LogP contribution in [0.1, 0.15) is 16.2 Å². The lowest BCUT2D eigenvalue weighted by molar-refractivity contribution is 0.0952. The minimum Gasteiger partial charge on any atom is -0.347 e. The molecule has 62 valence electrons. The van der Waals surface area contributed by atoms with Gasteiger partial charge >= 0.3 is 0 Å². The largest absolute Gasteiger partial charge is 0.347 e. The Hall–Kier alpha value is -1.22. The Kier molecular flexibility index (Phi) is 1.66. The van der Waals surface area contributed by atoms with Crippen LogP contribution in [0.25, 0.3) is 6.08 Å². The number of aromatic nitrogens is 3. The number of hydrogen-bond acceptors (Lipinski definition) is 3. The first-order valence-electron chi connectivity index (χ1n) is 3.44. The van der Waals surface area contributed by atoms with Gasteiger partial charge in [0.1, 0.15) is 5.69 Å². The summed E-state index contributed by atoms with van der Waals surface area (Å²) in [6.07, 6.45) is 3.61. The smallest absolute Gasteiger partial charge is 0.272 e. The molecule has 1 N–H and O–H groups in total. The molecular weight excluding hydrogens is 175 g/mol. The van der Waals surface area contributed by atoms with Crippen LogP contribution >= 0.6 is 9.39 Å². The molecule has 6 heteroatoms. The van der Waals surface area contributed by atoms with Crippen molar-refractivity contribution in [3.8, 4) is 0 Å². The van der Waals surface area contributed by atoms with Crippen LogP contribution in [0.5, 0.6) is 0 Å². The van der Waals surface area contributed by atoms with Crippen molar-refractivity contribution in [2.24, 2.45) is 0 Å². The van der Waals surface area contributed by atoms with E-state index in [0.717, 1.165) is 0 Å². The van der Waals surface area contributed by atoms with Gasteiger partial charge in [-0.3, -0.25) is 4.79 Å². The molecule has 0 bridgehead atoms. The van der Waals surface area contributed by atoms with Crippen molar-refractivity contribution in [2.75, 3.05) is 6.54 Å². The van der Waals surface area contributed by atoms with E-state index in [2.05, 4.69) is 25.0 Å². The number of nitrogens with zero attached hydrogens (tertiary/aromatic N) is 3. The Morgan fingerprint density at radius 1 is 1.67 bits per heavy atom. The molecule has 1 aromatic rings. The molecule has 0 spiro atoms. The highest BCUT2D eigenvalue weighted by Gasteiger charge is 2.17. The summed E-state index contributed by atoms with van der Waals surface area (Å²) in [7, 11) is 2.31. The molecular formula is C6H7N4OP. The Morgan fingerprint density at radius 2 is 2.50 bits per heavy atom. The van der Waals surface area contributed by atoms with Crippen molar-refractivity contribution in [2.45, 2.75) is 0 Å². The van der Waals surface area contributed by atoms with Crippen LogP contribution in [0.15, 0.2) is 6.08 Å². The molecule has 1 aromatic heterocycles. The molecule has 0 fully saturated rings. The molecule has 0 radical (unpaired) electrons. The molecule has 1 atom stereocenters. The molecule has 5 nitrogen and oxygen atoms in total. The second-order valence-corrected chi connectivity index (χ2v) is 2.87. The van der Waals surface area contributed by atoms with Crippen LogP contribution in [-0.2, 0) is 0 Å². The van der Waals surface area contributed by atoms with Gasteiger partial charge in [-0.05, 0) is 15.5 Å². The maximum atomic E-state index is 11.3. The van der Waals surface area contributed by atoms with E-state index in [1.54, 1.807) is 6.08 Å². The van der Waals surface area contributed by atoms with Gasteiger partial charge in [0, 0.05) is 6.54 Å². The van der Waals surface area contributed by atoms with E-state index in [0.29, 0.717) is 17.9 Å². The molecule has 1 aliphatic heterocycles. The molecule has 0 saturated carbocycles. The molecule has 1 aliphatic rings. The highest BCUT2D eigenvalue weighted by molar-refractivity contribution is 7.14. The molecule has 1 unspecified atom stereocenters. The van der Waals surface area contributed by atoms with Crippen molar-refractivity contribution in [3.05, 3.63) is 17.5 Å². The Bertz CT molecular complexity index is 356. The van der Waals surface area contributed by atoms with Gasteiger partial charge in [-0.2, -0.15) is 0 Å². The fourth-order valence-electron chi connectivity index (χ4n) is 1.04. The summed E-state index contributed by atoms with van der Waals surface area (Å²) in [6, 6.07) is 0. The van der Waals surface area contributed by atoms with Crippen LogP contribution in [0.4, 0.5) is 0 Å². The molecule has 2 heterocycles. The Morgan fingerprint density at radius 3 is 3.33 bits per heavy atom. The summed E-state index contributed by atoms with van der Waals surface area (Å²) < 4.78 is 1.39. The number of carbonyl (C=O) groups excluding carboxylic acids is 1. The van der Waals surface area contributed by atoms with E-state index in [4.69, 9.17) is 0 Å². The van der Waals surface area contributed by atoms with Gasteiger partial charge in [0.2, 0.25) is 0 Å². The Balaban J connectivity index is 2.59. The summed E-state index contributed by atoms with van der Waals surface area (Å²) in [4.78, 5) is 11.3. The van der Waals surface area contributed by atoms with Crippen molar-refractivity contribution in [3.63, 3.8) is 0 Å². The predicted octanol–water partition coefficient (Wildman–Crippen LogP) is -0.327. The third-order valence-electron chi connectivity index (χ3n) is 1.59. The summed E-state index contributed by atoms with van der Waals surface area (Å²) >= 11 is 0. The van der Waals surface area contributed by atoms with E-state index < -0.39 is 0 Å². The normalized spacial score (nSPS) is 15.2. The molecule has 0 saturated heterocycles.